The fourth-order valence-corrected chi connectivity index (χ4v) is 2.28. The Morgan fingerprint density at radius 1 is 1.09 bits per heavy atom. The third-order valence-electron chi connectivity index (χ3n) is 3.21. The average Bonchev–Trinajstić information content (AvgIpc) is 2.52. The maximum atomic E-state index is 11.6. The van der Waals surface area contributed by atoms with Crippen LogP contribution in [0.3, 0.4) is 0 Å². The van der Waals surface area contributed by atoms with E-state index in [1.807, 2.05) is 42.5 Å². The molecule has 0 fully saturated rings. The standard InChI is InChI=1S/C18H20O5/c1-3-21-18(20)11-15(23-13(2)19)12-22-17-10-6-8-14-7-4-5-9-16(14)17/h4-10,15H,3,11-12H2,1-2H3/t15-/m1/s1. The van der Waals surface area contributed by atoms with Gasteiger partial charge in [-0.15, -0.1) is 0 Å². The lowest BCUT2D eigenvalue weighted by molar-refractivity contribution is -0.154. The lowest BCUT2D eigenvalue weighted by Crippen LogP contribution is -2.27. The molecule has 0 spiro atoms. The summed E-state index contributed by atoms with van der Waals surface area (Å²) in [5.41, 5.74) is 0. The SMILES string of the molecule is CCOC(=O)C[C@H](COc1cccc2ccccc12)OC(C)=O. The van der Waals surface area contributed by atoms with E-state index < -0.39 is 18.0 Å². The molecule has 2 rings (SSSR count). The molecule has 0 saturated heterocycles. The number of esters is 2. The van der Waals surface area contributed by atoms with Crippen LogP contribution < -0.4 is 4.74 Å². The highest BCUT2D eigenvalue weighted by atomic mass is 16.6. The fraction of sp³-hybridized carbons (Fsp3) is 0.333. The maximum absolute atomic E-state index is 11.6. The van der Waals surface area contributed by atoms with Crippen LogP contribution in [0.1, 0.15) is 20.3 Å². The van der Waals surface area contributed by atoms with Crippen molar-refractivity contribution >= 4 is 22.7 Å². The van der Waals surface area contributed by atoms with Gasteiger partial charge in [0.05, 0.1) is 13.0 Å². The molecule has 23 heavy (non-hydrogen) atoms. The maximum Gasteiger partial charge on any atom is 0.309 e. The Bertz CT molecular complexity index is 675. The summed E-state index contributed by atoms with van der Waals surface area (Å²) < 4.78 is 15.8. The number of rotatable bonds is 7. The lowest BCUT2D eigenvalue weighted by Gasteiger charge is -2.17. The zero-order valence-corrected chi connectivity index (χ0v) is 13.3. The van der Waals surface area contributed by atoms with Gasteiger partial charge in [0.25, 0.3) is 0 Å². The van der Waals surface area contributed by atoms with Gasteiger partial charge in [0, 0.05) is 12.3 Å². The van der Waals surface area contributed by atoms with E-state index in [9.17, 15) is 9.59 Å². The topological polar surface area (TPSA) is 61.8 Å². The van der Waals surface area contributed by atoms with Gasteiger partial charge < -0.3 is 14.2 Å². The molecule has 0 radical (unpaired) electrons. The third kappa shape index (κ3) is 4.98. The van der Waals surface area contributed by atoms with E-state index in [4.69, 9.17) is 14.2 Å². The summed E-state index contributed by atoms with van der Waals surface area (Å²) in [6, 6.07) is 13.6. The number of ether oxygens (including phenoxy) is 3. The van der Waals surface area contributed by atoms with Crippen LogP contribution in [0.2, 0.25) is 0 Å². The van der Waals surface area contributed by atoms with E-state index in [1.165, 1.54) is 6.92 Å². The van der Waals surface area contributed by atoms with E-state index in [0.29, 0.717) is 5.75 Å². The van der Waals surface area contributed by atoms with E-state index in [2.05, 4.69) is 0 Å². The van der Waals surface area contributed by atoms with Gasteiger partial charge >= 0.3 is 11.9 Å². The molecule has 0 aliphatic heterocycles. The van der Waals surface area contributed by atoms with Crippen LogP contribution in [0.25, 0.3) is 10.8 Å². The van der Waals surface area contributed by atoms with Crippen molar-refractivity contribution in [2.75, 3.05) is 13.2 Å². The van der Waals surface area contributed by atoms with Gasteiger partial charge in [-0.3, -0.25) is 9.59 Å². The summed E-state index contributed by atoms with van der Waals surface area (Å²) in [7, 11) is 0. The Hall–Kier alpha value is -2.56. The molecule has 0 amide bonds. The second kappa shape index (κ2) is 8.17. The van der Waals surface area contributed by atoms with Crippen molar-refractivity contribution in [3.05, 3.63) is 42.5 Å². The average molecular weight is 316 g/mol. The van der Waals surface area contributed by atoms with Crippen LogP contribution in [0.4, 0.5) is 0 Å². The molecule has 0 unspecified atom stereocenters. The molecule has 0 N–H and O–H groups in total. The Morgan fingerprint density at radius 2 is 1.83 bits per heavy atom. The molecule has 122 valence electrons. The number of carbonyl (C=O) groups excluding carboxylic acids is 2. The minimum absolute atomic E-state index is 0.0296. The van der Waals surface area contributed by atoms with Gasteiger partial charge in [0.2, 0.25) is 0 Å². The lowest BCUT2D eigenvalue weighted by atomic mass is 10.1. The Morgan fingerprint density at radius 3 is 2.57 bits per heavy atom. The van der Waals surface area contributed by atoms with Crippen molar-refractivity contribution in [3.8, 4) is 5.75 Å². The Kier molecular flexibility index (Phi) is 5.97. The van der Waals surface area contributed by atoms with Crippen molar-refractivity contribution in [2.45, 2.75) is 26.4 Å². The first-order valence-electron chi connectivity index (χ1n) is 7.53. The van der Waals surface area contributed by atoms with Gasteiger partial charge in [0.15, 0.2) is 0 Å². The van der Waals surface area contributed by atoms with Gasteiger partial charge in [0.1, 0.15) is 18.5 Å². The summed E-state index contributed by atoms with van der Waals surface area (Å²) in [5.74, 6) is -0.190. The van der Waals surface area contributed by atoms with Crippen LogP contribution in [-0.2, 0) is 19.1 Å². The van der Waals surface area contributed by atoms with Crippen LogP contribution in [0.5, 0.6) is 5.75 Å². The number of fused-ring (bicyclic) bond motifs is 1. The molecule has 1 atom stereocenters. The summed E-state index contributed by atoms with van der Waals surface area (Å²) in [6.07, 6.45) is -0.705. The molecule has 0 aliphatic rings. The third-order valence-corrected chi connectivity index (χ3v) is 3.21. The number of benzene rings is 2. The Labute approximate surface area is 135 Å². The van der Waals surface area contributed by atoms with Crippen molar-refractivity contribution in [3.63, 3.8) is 0 Å². The highest BCUT2D eigenvalue weighted by molar-refractivity contribution is 5.88. The molecule has 0 bridgehead atoms. The summed E-state index contributed by atoms with van der Waals surface area (Å²) in [6.45, 7) is 3.41. The highest BCUT2D eigenvalue weighted by Crippen LogP contribution is 2.25. The van der Waals surface area contributed by atoms with Crippen LogP contribution in [0.15, 0.2) is 42.5 Å². The number of carbonyl (C=O) groups is 2. The Balaban J connectivity index is 2.07. The van der Waals surface area contributed by atoms with Crippen molar-refractivity contribution in [1.29, 1.82) is 0 Å². The normalized spacial score (nSPS) is 11.7. The second-order valence-electron chi connectivity index (χ2n) is 5.03. The smallest absolute Gasteiger partial charge is 0.309 e. The first-order valence-corrected chi connectivity index (χ1v) is 7.53. The molecule has 5 heteroatoms. The number of hydrogen-bond donors (Lipinski definition) is 0. The molecule has 0 saturated carbocycles. The molecule has 2 aromatic rings. The minimum atomic E-state index is -0.675. The zero-order valence-electron chi connectivity index (χ0n) is 13.3. The summed E-state index contributed by atoms with van der Waals surface area (Å²) in [5, 5.41) is 2.02. The van der Waals surface area contributed by atoms with Gasteiger partial charge in [-0.25, -0.2) is 0 Å². The predicted molar refractivity (Wildman–Crippen MR) is 86.2 cm³/mol. The minimum Gasteiger partial charge on any atom is -0.489 e. The van der Waals surface area contributed by atoms with Crippen molar-refractivity contribution in [2.24, 2.45) is 0 Å². The first kappa shape index (κ1) is 16.8. The van der Waals surface area contributed by atoms with E-state index in [1.54, 1.807) is 6.92 Å². The highest BCUT2D eigenvalue weighted by Gasteiger charge is 2.19. The zero-order chi connectivity index (χ0) is 16.7. The molecule has 5 nitrogen and oxygen atoms in total. The van der Waals surface area contributed by atoms with Crippen molar-refractivity contribution in [1.82, 2.24) is 0 Å². The first-order chi connectivity index (χ1) is 11.1. The molecular formula is C18H20O5. The molecule has 0 aliphatic carbocycles. The van der Waals surface area contributed by atoms with Crippen LogP contribution >= 0.6 is 0 Å². The van der Waals surface area contributed by atoms with E-state index >= 15 is 0 Å². The molecular weight excluding hydrogens is 296 g/mol. The van der Waals surface area contributed by atoms with Gasteiger partial charge in [-0.2, -0.15) is 0 Å². The largest absolute Gasteiger partial charge is 0.489 e. The van der Waals surface area contributed by atoms with Gasteiger partial charge in [-0.1, -0.05) is 36.4 Å². The number of hydrogen-bond acceptors (Lipinski definition) is 5. The quantitative estimate of drug-likeness (QED) is 0.735. The summed E-state index contributed by atoms with van der Waals surface area (Å²) in [4.78, 5) is 22.8. The predicted octanol–water partition coefficient (Wildman–Crippen LogP) is 3.10. The summed E-state index contributed by atoms with van der Waals surface area (Å²) >= 11 is 0. The van der Waals surface area contributed by atoms with E-state index in [-0.39, 0.29) is 19.6 Å². The van der Waals surface area contributed by atoms with Gasteiger partial charge in [-0.05, 0) is 18.4 Å². The molecule has 0 heterocycles. The molecule has 2 aromatic carbocycles. The van der Waals surface area contributed by atoms with Crippen LogP contribution in [-0.4, -0.2) is 31.3 Å². The van der Waals surface area contributed by atoms with Crippen LogP contribution in [0, 0.1) is 0 Å². The second-order valence-corrected chi connectivity index (χ2v) is 5.03. The monoisotopic (exact) mass is 316 g/mol. The van der Waals surface area contributed by atoms with E-state index in [0.717, 1.165) is 10.8 Å². The molecule has 0 aromatic heterocycles. The fourth-order valence-electron chi connectivity index (χ4n) is 2.28. The van der Waals surface area contributed by atoms with Crippen molar-refractivity contribution < 1.29 is 23.8 Å².